The summed E-state index contributed by atoms with van der Waals surface area (Å²) in [6.07, 6.45) is 4.51. The second-order valence-corrected chi connectivity index (χ2v) is 18.6. The van der Waals surface area contributed by atoms with Crippen LogP contribution < -0.4 is 9.80 Å². The van der Waals surface area contributed by atoms with Crippen molar-refractivity contribution in [3.63, 3.8) is 0 Å². The highest BCUT2D eigenvalue weighted by molar-refractivity contribution is 6.09. The molecule has 0 unspecified atom stereocenters. The Morgan fingerprint density at radius 1 is 0.289 bits per heavy atom. The number of hydrogen-bond acceptors (Lipinski definition) is 7. The Balaban J connectivity index is 1.07. The van der Waals surface area contributed by atoms with Gasteiger partial charge in [0, 0.05) is 38.9 Å². The van der Waals surface area contributed by atoms with Crippen LogP contribution in [0.5, 0.6) is 0 Å². The molecule has 354 valence electrons. The summed E-state index contributed by atoms with van der Waals surface area (Å²) in [6, 6.07) is 89.3. The molecule has 3 heterocycles. The first-order valence-corrected chi connectivity index (χ1v) is 25.1. The van der Waals surface area contributed by atoms with E-state index in [2.05, 4.69) is 198 Å². The summed E-state index contributed by atoms with van der Waals surface area (Å²) in [6.45, 7) is 0. The van der Waals surface area contributed by atoms with Gasteiger partial charge in [0.15, 0.2) is 17.5 Å². The van der Waals surface area contributed by atoms with Crippen molar-refractivity contribution in [1.29, 1.82) is 10.5 Å². The van der Waals surface area contributed by atoms with Crippen molar-refractivity contribution in [1.82, 2.24) is 15.0 Å². The number of hydrogen-bond donors (Lipinski definition) is 0. The number of nitrogens with zero attached hydrogens (tertiary/aromatic N) is 7. The summed E-state index contributed by atoms with van der Waals surface area (Å²) in [5, 5.41) is 20.6. The van der Waals surface area contributed by atoms with Crippen molar-refractivity contribution in [2.24, 2.45) is 0 Å². The topological polar surface area (TPSA) is 92.7 Å². The van der Waals surface area contributed by atoms with Crippen LogP contribution in [0.2, 0.25) is 0 Å². The van der Waals surface area contributed by atoms with Gasteiger partial charge in [-0.05, 0) is 112 Å². The third kappa shape index (κ3) is 8.17. The molecule has 0 N–H and O–H groups in total. The van der Waals surface area contributed by atoms with Crippen LogP contribution in [0.3, 0.4) is 0 Å². The number of benzene rings is 10. The third-order valence-electron chi connectivity index (χ3n) is 14.0. The van der Waals surface area contributed by atoms with Gasteiger partial charge in [0.25, 0.3) is 0 Å². The quantitative estimate of drug-likeness (QED) is 0.150. The Morgan fingerprint density at radius 2 is 0.697 bits per heavy atom. The summed E-state index contributed by atoms with van der Waals surface area (Å²) < 4.78 is 0. The van der Waals surface area contributed by atoms with Crippen molar-refractivity contribution >= 4 is 57.4 Å². The number of fused-ring (bicyclic) bond motifs is 4. The Hall–Kier alpha value is -10.7. The summed E-state index contributed by atoms with van der Waals surface area (Å²) in [7, 11) is 0. The summed E-state index contributed by atoms with van der Waals surface area (Å²) in [4.78, 5) is 20.9. The average molecular weight is 970 g/mol. The Bertz CT molecular complexity index is 4110. The van der Waals surface area contributed by atoms with E-state index in [0.29, 0.717) is 34.2 Å². The molecular formula is C69H43N7. The van der Waals surface area contributed by atoms with E-state index in [0.717, 1.165) is 101 Å². The molecule has 0 atom stereocenters. The molecule has 7 nitrogen and oxygen atoms in total. The van der Waals surface area contributed by atoms with Crippen LogP contribution in [0.1, 0.15) is 44.5 Å². The third-order valence-corrected chi connectivity index (χ3v) is 14.0. The summed E-state index contributed by atoms with van der Waals surface area (Å²) in [5.74, 6) is 1.36. The molecule has 0 radical (unpaired) electrons. The lowest BCUT2D eigenvalue weighted by molar-refractivity contribution is 1.07. The minimum atomic E-state index is 0.430. The lowest BCUT2D eigenvalue weighted by Gasteiger charge is -2.36. The van der Waals surface area contributed by atoms with E-state index in [1.54, 1.807) is 0 Å². The van der Waals surface area contributed by atoms with Gasteiger partial charge >= 0.3 is 0 Å². The zero-order chi connectivity index (χ0) is 51.0. The molecule has 0 amide bonds. The number of anilines is 6. The molecule has 11 aromatic rings. The van der Waals surface area contributed by atoms with Gasteiger partial charge in [-0.25, -0.2) is 15.0 Å². The van der Waals surface area contributed by atoms with Crippen LogP contribution >= 0.6 is 0 Å². The maximum Gasteiger partial charge on any atom is 0.166 e. The lowest BCUT2D eigenvalue weighted by Crippen LogP contribution is -2.19. The number of rotatable bonds is 8. The van der Waals surface area contributed by atoms with Crippen LogP contribution in [-0.2, 0) is 0 Å². The van der Waals surface area contributed by atoms with Gasteiger partial charge < -0.3 is 9.80 Å². The van der Waals surface area contributed by atoms with Gasteiger partial charge in [-0.3, -0.25) is 0 Å². The van der Waals surface area contributed by atoms with Crippen molar-refractivity contribution in [2.75, 3.05) is 9.80 Å². The molecule has 0 bridgehead atoms. The molecule has 7 heteroatoms. The largest absolute Gasteiger partial charge is 0.309 e. The molecule has 2 aliphatic heterocycles. The predicted molar refractivity (Wildman–Crippen MR) is 307 cm³/mol. The molecule has 0 saturated carbocycles. The molecule has 2 aliphatic rings. The minimum absolute atomic E-state index is 0.430. The number of para-hydroxylation sites is 4. The number of nitriles is 2. The molecule has 1 aromatic heterocycles. The fourth-order valence-corrected chi connectivity index (χ4v) is 10.6. The second kappa shape index (κ2) is 19.4. The van der Waals surface area contributed by atoms with Gasteiger partial charge in [-0.2, -0.15) is 10.5 Å². The van der Waals surface area contributed by atoms with E-state index in [4.69, 9.17) is 15.0 Å². The van der Waals surface area contributed by atoms with E-state index in [1.807, 2.05) is 84.9 Å². The second-order valence-electron chi connectivity index (χ2n) is 18.6. The van der Waals surface area contributed by atoms with Gasteiger partial charge in [-0.15, -0.1) is 0 Å². The fraction of sp³-hybridized carbons (Fsp3) is 0. The average Bonchev–Trinajstić information content (AvgIpc) is 3.59. The monoisotopic (exact) mass is 969 g/mol. The summed E-state index contributed by atoms with van der Waals surface area (Å²) >= 11 is 0. The van der Waals surface area contributed by atoms with Gasteiger partial charge in [0.05, 0.1) is 57.4 Å². The zero-order valence-electron chi connectivity index (χ0n) is 41.0. The Labute approximate surface area is 441 Å². The van der Waals surface area contributed by atoms with Crippen molar-refractivity contribution in [2.45, 2.75) is 0 Å². The van der Waals surface area contributed by atoms with Crippen molar-refractivity contribution < 1.29 is 0 Å². The standard InChI is InChI=1S/C69H43N7/c70-44-48-23-18-26-51(39-48)52-36-38-65(75-61-31-14-10-27-53(61)58(40-46-19-4-1-5-20-46)54-28-11-15-32-62(54)75)60(43-52)69-73-67(50-24-8-3-9-25-50)72-68(74-69)57-37-35-49(45-71)42-66(57)76-63-33-16-12-29-55(63)59(41-47-21-6-2-7-22-47)56-30-13-17-34-64(56)76/h1-43H. The van der Waals surface area contributed by atoms with Crippen LogP contribution in [-0.4, -0.2) is 15.0 Å². The Morgan fingerprint density at radius 3 is 1.22 bits per heavy atom. The normalized spacial score (nSPS) is 12.1. The highest BCUT2D eigenvalue weighted by Gasteiger charge is 2.32. The molecule has 0 aliphatic carbocycles. The van der Waals surface area contributed by atoms with E-state index in [-0.39, 0.29) is 0 Å². The first-order chi connectivity index (χ1) is 37.6. The first-order valence-electron chi connectivity index (χ1n) is 25.1. The Kier molecular flexibility index (Phi) is 11.5. The number of aromatic nitrogens is 3. The van der Waals surface area contributed by atoms with Gasteiger partial charge in [0.1, 0.15) is 0 Å². The molecule has 76 heavy (non-hydrogen) atoms. The molecule has 0 fully saturated rings. The van der Waals surface area contributed by atoms with Crippen molar-refractivity contribution in [3.8, 4) is 57.4 Å². The van der Waals surface area contributed by atoms with Crippen LogP contribution in [0.25, 0.3) is 68.6 Å². The van der Waals surface area contributed by atoms with E-state index in [9.17, 15) is 10.5 Å². The van der Waals surface area contributed by atoms with Gasteiger partial charge in [-0.1, -0.05) is 182 Å². The highest BCUT2D eigenvalue weighted by Crippen LogP contribution is 2.54. The molecule has 0 saturated heterocycles. The van der Waals surface area contributed by atoms with Crippen LogP contribution in [0.15, 0.2) is 249 Å². The maximum absolute atomic E-state index is 10.6. The highest BCUT2D eigenvalue weighted by atomic mass is 15.2. The summed E-state index contributed by atoms with van der Waals surface area (Å²) in [5.41, 5.74) is 19.3. The van der Waals surface area contributed by atoms with E-state index in [1.165, 1.54) is 0 Å². The molecule has 10 aromatic carbocycles. The van der Waals surface area contributed by atoms with E-state index >= 15 is 0 Å². The zero-order valence-corrected chi connectivity index (χ0v) is 41.0. The maximum atomic E-state index is 10.6. The minimum Gasteiger partial charge on any atom is -0.309 e. The van der Waals surface area contributed by atoms with Gasteiger partial charge in [0.2, 0.25) is 0 Å². The molecule has 0 spiro atoms. The fourth-order valence-electron chi connectivity index (χ4n) is 10.6. The molecule has 13 rings (SSSR count). The smallest absolute Gasteiger partial charge is 0.166 e. The van der Waals surface area contributed by atoms with Crippen molar-refractivity contribution in [3.05, 3.63) is 293 Å². The van der Waals surface area contributed by atoms with Crippen LogP contribution in [0.4, 0.5) is 34.1 Å². The van der Waals surface area contributed by atoms with E-state index < -0.39 is 0 Å². The first kappa shape index (κ1) is 45.2. The SMILES string of the molecule is N#Cc1cccc(-c2ccc(N3c4ccccc4C(=Cc4ccccc4)c4ccccc43)c(-c3nc(-c4ccccc4)nc(-c4ccc(C#N)cc4N4c5ccccc5C(=Cc5ccccc5)c5ccccc54)n3)c2)c1. The molecular weight excluding hydrogens is 927 g/mol. The van der Waals surface area contributed by atoms with Crippen LogP contribution in [0, 0.1) is 22.7 Å². The predicted octanol–water partition coefficient (Wildman–Crippen LogP) is 17.0. The lowest BCUT2D eigenvalue weighted by atomic mass is 9.88.